The molecule has 24 heavy (non-hydrogen) atoms. The van der Waals surface area contributed by atoms with E-state index >= 15 is 0 Å². The molecule has 0 spiro atoms. The molecule has 5 heteroatoms. The number of carbonyl (C=O) groups excluding carboxylic acids is 2. The van der Waals surface area contributed by atoms with Crippen molar-refractivity contribution in [3.8, 4) is 0 Å². The van der Waals surface area contributed by atoms with Crippen LogP contribution in [-0.4, -0.2) is 48.6 Å². The zero-order chi connectivity index (χ0) is 18.3. The Kier molecular flexibility index (Phi) is 7.42. The molecule has 1 N–H and O–H groups in total. The van der Waals surface area contributed by atoms with Crippen molar-refractivity contribution >= 4 is 17.6 Å². The molecule has 0 saturated carbocycles. The number of hydrogen-bond donors (Lipinski definition) is 1. The Morgan fingerprint density at radius 3 is 2.21 bits per heavy atom. The molecule has 0 saturated heterocycles. The molecule has 1 unspecified atom stereocenters. The molecule has 1 amide bonds. The number of para-hydroxylation sites is 1. The second-order valence-corrected chi connectivity index (χ2v) is 6.05. The lowest BCUT2D eigenvalue weighted by Gasteiger charge is -2.40. The third kappa shape index (κ3) is 4.15. The number of likely N-dealkylation sites (N-methyl/N-ethyl adjacent to an activating group) is 1. The van der Waals surface area contributed by atoms with E-state index in [4.69, 9.17) is 4.74 Å². The predicted octanol–water partition coefficient (Wildman–Crippen LogP) is 3.38. The van der Waals surface area contributed by atoms with Gasteiger partial charge >= 0.3 is 5.97 Å². The summed E-state index contributed by atoms with van der Waals surface area (Å²) in [6.45, 7) is 14.9. The highest BCUT2D eigenvalue weighted by Gasteiger charge is 2.35. The molecule has 0 aliphatic heterocycles. The second kappa shape index (κ2) is 8.83. The first-order valence-corrected chi connectivity index (χ1v) is 8.80. The van der Waals surface area contributed by atoms with Crippen LogP contribution in [-0.2, 0) is 9.53 Å². The summed E-state index contributed by atoms with van der Waals surface area (Å²) in [4.78, 5) is 25.0. The summed E-state index contributed by atoms with van der Waals surface area (Å²) in [5.74, 6) is -0.480. The molecule has 0 aromatic heterocycles. The number of esters is 1. The van der Waals surface area contributed by atoms with Gasteiger partial charge in [0.05, 0.1) is 37.5 Å². The van der Waals surface area contributed by atoms with E-state index in [1.165, 1.54) is 0 Å². The van der Waals surface area contributed by atoms with E-state index in [-0.39, 0.29) is 11.9 Å². The molecule has 1 aromatic rings. The fraction of sp³-hybridized carbons (Fsp3) is 0.579. The van der Waals surface area contributed by atoms with Crippen LogP contribution in [0.4, 0.5) is 5.69 Å². The minimum Gasteiger partial charge on any atom is -0.462 e. The van der Waals surface area contributed by atoms with Crippen LogP contribution >= 0.6 is 0 Å². The third-order valence-corrected chi connectivity index (χ3v) is 5.11. The molecule has 5 nitrogen and oxygen atoms in total. The van der Waals surface area contributed by atoms with E-state index in [0.29, 0.717) is 22.3 Å². The van der Waals surface area contributed by atoms with Gasteiger partial charge in [-0.2, -0.15) is 0 Å². The summed E-state index contributed by atoms with van der Waals surface area (Å²) in [6.07, 6.45) is 0. The Balaban J connectivity index is 3.12. The topological polar surface area (TPSA) is 55.4 Å². The Bertz CT molecular complexity index is 572. The van der Waals surface area contributed by atoms with Gasteiger partial charge in [0.15, 0.2) is 6.04 Å². The minimum absolute atomic E-state index is 0.0691. The lowest BCUT2D eigenvalue weighted by atomic mass is 10.1. The number of carbonyl (C=O) groups is 2. The molecule has 134 valence electrons. The van der Waals surface area contributed by atoms with E-state index in [1.54, 1.807) is 19.1 Å². The van der Waals surface area contributed by atoms with Crippen molar-refractivity contribution in [1.29, 1.82) is 0 Å². The quantitative estimate of drug-likeness (QED) is 0.585. The largest absolute Gasteiger partial charge is 0.462 e. The number of amides is 1. The number of anilines is 1. The fourth-order valence-corrected chi connectivity index (χ4v) is 3.18. The van der Waals surface area contributed by atoms with Gasteiger partial charge in [0.25, 0.3) is 5.91 Å². The zero-order valence-electron chi connectivity index (χ0n) is 15.8. The number of quaternary nitrogens is 1. The maximum atomic E-state index is 12.8. The number of benzene rings is 1. The summed E-state index contributed by atoms with van der Waals surface area (Å²) in [5, 5.41) is 2.97. The van der Waals surface area contributed by atoms with Crippen LogP contribution in [0.3, 0.4) is 0 Å². The number of rotatable bonds is 8. The second-order valence-electron chi connectivity index (χ2n) is 6.05. The molecular weight excluding hydrogens is 304 g/mol. The Morgan fingerprint density at radius 2 is 1.71 bits per heavy atom. The highest BCUT2D eigenvalue weighted by Crippen LogP contribution is 2.23. The molecule has 0 radical (unpaired) electrons. The van der Waals surface area contributed by atoms with Gasteiger partial charge in [0.1, 0.15) is 0 Å². The first-order valence-electron chi connectivity index (χ1n) is 8.80. The summed E-state index contributed by atoms with van der Waals surface area (Å²) in [7, 11) is 0. The SMILES string of the molecule is CCOC(=O)c1cccc(C)c1NC(=O)C(C)[N+](CC)(CC)CC. The lowest BCUT2D eigenvalue weighted by molar-refractivity contribution is -0.936. The van der Waals surface area contributed by atoms with Crippen molar-refractivity contribution in [1.82, 2.24) is 0 Å². The monoisotopic (exact) mass is 335 g/mol. The van der Waals surface area contributed by atoms with E-state index in [2.05, 4.69) is 26.1 Å². The van der Waals surface area contributed by atoms with Crippen LogP contribution in [0.1, 0.15) is 50.5 Å². The number of hydrogen-bond acceptors (Lipinski definition) is 3. The molecule has 0 aliphatic rings. The molecule has 0 heterocycles. The van der Waals surface area contributed by atoms with Gasteiger partial charge in [-0.3, -0.25) is 4.79 Å². The van der Waals surface area contributed by atoms with Crippen LogP contribution in [0.2, 0.25) is 0 Å². The Labute approximate surface area is 145 Å². The van der Waals surface area contributed by atoms with Crippen molar-refractivity contribution in [3.63, 3.8) is 0 Å². The van der Waals surface area contributed by atoms with Crippen LogP contribution in [0.5, 0.6) is 0 Å². The predicted molar refractivity (Wildman–Crippen MR) is 97.1 cm³/mol. The van der Waals surface area contributed by atoms with Gasteiger partial charge in [-0.1, -0.05) is 12.1 Å². The van der Waals surface area contributed by atoms with Crippen molar-refractivity contribution in [3.05, 3.63) is 29.3 Å². The molecule has 1 aromatic carbocycles. The average molecular weight is 335 g/mol. The summed E-state index contributed by atoms with van der Waals surface area (Å²) in [6, 6.07) is 5.17. The molecular formula is C19H31N2O3+. The lowest BCUT2D eigenvalue weighted by Crippen LogP contribution is -2.58. The first kappa shape index (κ1) is 20.2. The van der Waals surface area contributed by atoms with Gasteiger partial charge in [0, 0.05) is 0 Å². The average Bonchev–Trinajstić information content (AvgIpc) is 2.58. The number of ether oxygens (including phenoxy) is 1. The molecule has 0 aliphatic carbocycles. The number of nitrogens with zero attached hydrogens (tertiary/aromatic N) is 1. The smallest absolute Gasteiger partial charge is 0.340 e. The van der Waals surface area contributed by atoms with E-state index in [0.717, 1.165) is 25.2 Å². The highest BCUT2D eigenvalue weighted by atomic mass is 16.5. The van der Waals surface area contributed by atoms with Crippen LogP contribution in [0, 0.1) is 6.92 Å². The van der Waals surface area contributed by atoms with Crippen LogP contribution < -0.4 is 5.32 Å². The first-order chi connectivity index (χ1) is 11.4. The van der Waals surface area contributed by atoms with Crippen molar-refractivity contribution < 1.29 is 18.8 Å². The van der Waals surface area contributed by atoms with Crippen molar-refractivity contribution in [2.75, 3.05) is 31.6 Å². The van der Waals surface area contributed by atoms with Crippen LogP contribution in [0.15, 0.2) is 18.2 Å². The van der Waals surface area contributed by atoms with E-state index in [9.17, 15) is 9.59 Å². The van der Waals surface area contributed by atoms with Crippen molar-refractivity contribution in [2.24, 2.45) is 0 Å². The van der Waals surface area contributed by atoms with Gasteiger partial charge in [-0.15, -0.1) is 0 Å². The van der Waals surface area contributed by atoms with Crippen molar-refractivity contribution in [2.45, 2.75) is 47.6 Å². The summed E-state index contributed by atoms with van der Waals surface area (Å²) < 4.78 is 5.82. The van der Waals surface area contributed by atoms with Gasteiger partial charge in [-0.05, 0) is 53.2 Å². The zero-order valence-corrected chi connectivity index (χ0v) is 15.8. The van der Waals surface area contributed by atoms with Gasteiger partial charge in [0.2, 0.25) is 0 Å². The molecule has 0 fully saturated rings. The fourth-order valence-electron chi connectivity index (χ4n) is 3.18. The minimum atomic E-state index is -0.411. The molecule has 1 atom stereocenters. The summed E-state index contributed by atoms with van der Waals surface area (Å²) >= 11 is 0. The summed E-state index contributed by atoms with van der Waals surface area (Å²) in [5.41, 5.74) is 1.80. The van der Waals surface area contributed by atoms with Gasteiger partial charge in [-0.25, -0.2) is 4.79 Å². The third-order valence-electron chi connectivity index (χ3n) is 5.11. The maximum absolute atomic E-state index is 12.8. The van der Waals surface area contributed by atoms with E-state index in [1.807, 2.05) is 19.9 Å². The Morgan fingerprint density at radius 1 is 1.12 bits per heavy atom. The van der Waals surface area contributed by atoms with Gasteiger partial charge < -0.3 is 14.5 Å². The highest BCUT2D eigenvalue weighted by molar-refractivity contribution is 6.03. The molecule has 0 bridgehead atoms. The molecule has 1 rings (SSSR count). The number of aryl methyl sites for hydroxylation is 1. The van der Waals surface area contributed by atoms with Crippen LogP contribution in [0.25, 0.3) is 0 Å². The standard InChI is InChI=1S/C19H30N2O3/c1-7-21(8-2,9-3)15(6)18(22)20-17-14(5)12-11-13-16(17)19(23)24-10-4/h11-13,15H,7-10H2,1-6H3/p+1. The number of nitrogens with one attached hydrogen (secondary N) is 1. The normalized spacial score (nSPS) is 12.6. The van der Waals surface area contributed by atoms with E-state index < -0.39 is 5.97 Å². The Hall–Kier alpha value is -1.88. The maximum Gasteiger partial charge on any atom is 0.340 e.